The quantitative estimate of drug-likeness (QED) is 0.0874. The van der Waals surface area contributed by atoms with Gasteiger partial charge < -0.3 is 9.47 Å². The molecule has 0 N–H and O–H groups in total. The Morgan fingerprint density at radius 2 is 0.441 bits per heavy atom. The van der Waals surface area contributed by atoms with Crippen molar-refractivity contribution in [3.8, 4) is 0 Å². The third kappa shape index (κ3) is 84.4. The van der Waals surface area contributed by atoms with Gasteiger partial charge in [0.2, 0.25) is 0 Å². The molecule has 2 unspecified atom stereocenters. The molecule has 2 aliphatic rings. The lowest BCUT2D eigenvalue weighted by Gasteiger charge is -2.17. The van der Waals surface area contributed by atoms with E-state index < -0.39 is 17.6 Å². The summed E-state index contributed by atoms with van der Waals surface area (Å²) in [6.45, 7) is 93.9. The Morgan fingerprint density at radius 3 is 0.485 bits per heavy atom. The Balaban J connectivity index is -0.0000000994. The Labute approximate surface area is 454 Å². The molecular formula is C56H144O2Si10. The number of epoxide rings is 2. The van der Waals surface area contributed by atoms with Gasteiger partial charge in [0, 0.05) is 88.0 Å². The molecule has 0 radical (unpaired) electrons. The first-order valence-electron chi connectivity index (χ1n) is 29.1. The molecule has 12 heteroatoms. The molecule has 0 aromatic carbocycles. The van der Waals surface area contributed by atoms with Crippen LogP contribution in [-0.2, 0) is 9.47 Å². The molecule has 0 saturated carbocycles. The number of ether oxygens (including phenoxy) is 2. The second-order valence-corrected chi connectivity index (χ2v) is 63.8. The Morgan fingerprint density at radius 1 is 0.309 bits per heavy atom. The highest BCUT2D eigenvalue weighted by Gasteiger charge is 2.33. The highest BCUT2D eigenvalue weighted by molar-refractivity contribution is 6.60. The summed E-state index contributed by atoms with van der Waals surface area (Å²) in [5.74, 6) is 0. The third-order valence-corrected chi connectivity index (χ3v) is 40.7. The summed E-state index contributed by atoms with van der Waals surface area (Å²) >= 11 is 0. The first-order valence-corrected chi connectivity index (χ1v) is 58.9. The fourth-order valence-electron chi connectivity index (χ4n) is 2.36. The maximum Gasteiger partial charge on any atom is 0.0809 e. The van der Waals surface area contributed by atoms with Crippen LogP contribution in [0.3, 0.4) is 0 Å². The van der Waals surface area contributed by atoms with Crippen LogP contribution in [0.15, 0.2) is 25.3 Å². The normalized spacial score (nSPS) is 15.2. The fourth-order valence-corrected chi connectivity index (χ4v) is 5.15. The molecule has 2 atom stereocenters. The number of allylic oxidation sites excluding steroid dienone is 2. The van der Waals surface area contributed by atoms with Gasteiger partial charge in [0.05, 0.1) is 25.4 Å². The van der Waals surface area contributed by atoms with Gasteiger partial charge in [-0.1, -0.05) is 298 Å². The lowest BCUT2D eigenvalue weighted by molar-refractivity contribution is 0.363. The maximum absolute atomic E-state index is 5.27. The minimum atomic E-state index is -0.522. The van der Waals surface area contributed by atoms with Crippen molar-refractivity contribution >= 4 is 88.0 Å². The number of rotatable bonds is 16. The molecule has 2 heterocycles. The minimum Gasteiger partial charge on any atom is -0.373 e. The molecule has 2 rings (SSSR count). The Bertz CT molecular complexity index is 772. The van der Waals surface area contributed by atoms with Gasteiger partial charge in [-0.15, -0.1) is 13.2 Å². The van der Waals surface area contributed by atoms with Gasteiger partial charge in [-0.3, -0.25) is 0 Å². The Hall–Kier alpha value is 1.57. The molecule has 2 aliphatic heterocycles. The van der Waals surface area contributed by atoms with E-state index in [-0.39, 0.29) is 70.4 Å². The standard InChI is InChI=1S/C9H18O2Si.C7H14Si.8C5H14Si/c1-12(2)9(3-7-5-10-7)4-8-6-11-8;1-5-7(6-2)8(3)4;8*1-5(2)6(3)4/h7-9,12H,3-6H2,1-2H3;5-8H,1-2H2,3-4H3;8*5-6H,1-4H3. The van der Waals surface area contributed by atoms with Crippen LogP contribution >= 0.6 is 0 Å². The predicted octanol–water partition coefficient (Wildman–Crippen LogP) is 18.7. The summed E-state index contributed by atoms with van der Waals surface area (Å²) in [6.07, 6.45) is 7.83. The third-order valence-electron chi connectivity index (χ3n) is 14.9. The van der Waals surface area contributed by atoms with Gasteiger partial charge >= 0.3 is 0 Å². The van der Waals surface area contributed by atoms with Crippen molar-refractivity contribution in [3.63, 3.8) is 0 Å². The van der Waals surface area contributed by atoms with Crippen LogP contribution in [0.4, 0.5) is 0 Å². The molecule has 0 spiro atoms. The lowest BCUT2D eigenvalue weighted by Crippen LogP contribution is -2.16. The SMILES string of the molecule is C=CC(C=C)[SiH](C)C.CC(C)[SiH](C)C.CC(C)[SiH](C)C.CC(C)[SiH](C)C.CC(C)[SiH](C)C.CC(C)[SiH](C)C.CC(C)[SiH](C)C.CC(C)[SiH](C)C.CC(C)[SiH](C)C.C[SiH](C)C(CC1CO1)CC1CO1. The molecule has 420 valence electrons. The zero-order valence-electron chi connectivity index (χ0n) is 54.9. The van der Waals surface area contributed by atoms with Crippen LogP contribution in [-0.4, -0.2) is 113 Å². The van der Waals surface area contributed by atoms with Crippen molar-refractivity contribution in [1.82, 2.24) is 0 Å². The van der Waals surface area contributed by atoms with E-state index in [1.807, 2.05) is 12.2 Å². The van der Waals surface area contributed by atoms with Crippen molar-refractivity contribution in [2.24, 2.45) is 0 Å². The first-order chi connectivity index (χ1) is 30.6. The molecule has 0 aliphatic carbocycles. The maximum atomic E-state index is 5.27. The summed E-state index contributed by atoms with van der Waals surface area (Å²) < 4.78 is 10.5. The highest BCUT2D eigenvalue weighted by atomic mass is 28.3. The molecule has 2 saturated heterocycles. The topological polar surface area (TPSA) is 25.1 Å². The number of hydrogen-bond donors (Lipinski definition) is 0. The van der Waals surface area contributed by atoms with Crippen molar-refractivity contribution in [3.05, 3.63) is 25.3 Å². The average molecular weight is 1130 g/mol. The molecule has 68 heavy (non-hydrogen) atoms. The predicted molar refractivity (Wildman–Crippen MR) is 366 cm³/mol. The van der Waals surface area contributed by atoms with Gasteiger partial charge in [0.15, 0.2) is 0 Å². The molecule has 0 aromatic rings. The average Bonchev–Trinajstić information content (AvgIpc) is 4.15. The van der Waals surface area contributed by atoms with E-state index >= 15 is 0 Å². The van der Waals surface area contributed by atoms with Crippen molar-refractivity contribution in [2.45, 2.75) is 322 Å². The molecular weight excluding hydrogens is 985 g/mol. The van der Waals surface area contributed by atoms with Crippen LogP contribution in [0.25, 0.3) is 0 Å². The van der Waals surface area contributed by atoms with Crippen molar-refractivity contribution < 1.29 is 9.47 Å². The molecule has 0 aromatic heterocycles. The summed E-state index contributed by atoms with van der Waals surface area (Å²) in [4.78, 5) is 0. The zero-order chi connectivity index (χ0) is 56.4. The zero-order valence-corrected chi connectivity index (χ0v) is 66.5. The summed E-state index contributed by atoms with van der Waals surface area (Å²) in [5.41, 5.74) is 9.50. The highest BCUT2D eigenvalue weighted by Crippen LogP contribution is 2.33. The van der Waals surface area contributed by atoms with Gasteiger partial charge in [-0.25, -0.2) is 0 Å². The largest absolute Gasteiger partial charge is 0.373 e. The molecule has 0 bridgehead atoms. The van der Waals surface area contributed by atoms with Gasteiger partial charge in [0.25, 0.3) is 0 Å². The van der Waals surface area contributed by atoms with Crippen LogP contribution < -0.4 is 0 Å². The molecule has 0 amide bonds. The number of hydrogen-bond acceptors (Lipinski definition) is 2. The smallest absolute Gasteiger partial charge is 0.0809 e. The lowest BCUT2D eigenvalue weighted by atomic mass is 10.1. The second-order valence-electron chi connectivity index (χ2n) is 26.6. The van der Waals surface area contributed by atoms with Gasteiger partial charge in [-0.05, 0) is 23.9 Å². The van der Waals surface area contributed by atoms with Gasteiger partial charge in [0.1, 0.15) is 0 Å². The first kappa shape index (κ1) is 86.3. The minimum absolute atomic E-state index is 0.244. The second kappa shape index (κ2) is 54.8. The van der Waals surface area contributed by atoms with E-state index in [9.17, 15) is 0 Å². The Kier molecular flexibility index (Phi) is 69.6. The van der Waals surface area contributed by atoms with E-state index in [4.69, 9.17) is 9.47 Å². The fraction of sp³-hybridized carbons (Fsp3) is 0.929. The monoisotopic (exact) mass is 1130 g/mol. The van der Waals surface area contributed by atoms with Crippen LogP contribution in [0.2, 0.25) is 186 Å². The summed E-state index contributed by atoms with van der Waals surface area (Å²) in [7, 11) is -2.95. The summed E-state index contributed by atoms with van der Waals surface area (Å²) in [5, 5.41) is 0. The van der Waals surface area contributed by atoms with E-state index in [1.54, 1.807) is 0 Å². The van der Waals surface area contributed by atoms with E-state index in [1.165, 1.54) is 12.8 Å². The van der Waals surface area contributed by atoms with E-state index in [0.717, 1.165) is 63.1 Å². The van der Waals surface area contributed by atoms with Crippen molar-refractivity contribution in [2.75, 3.05) is 13.2 Å². The van der Waals surface area contributed by atoms with Gasteiger partial charge in [-0.2, -0.15) is 0 Å². The molecule has 2 nitrogen and oxygen atoms in total. The van der Waals surface area contributed by atoms with Crippen LogP contribution in [0.1, 0.15) is 124 Å². The molecule has 2 fully saturated rings. The van der Waals surface area contributed by atoms with E-state index in [2.05, 4.69) is 255 Å². The van der Waals surface area contributed by atoms with Crippen molar-refractivity contribution in [1.29, 1.82) is 0 Å². The van der Waals surface area contributed by atoms with Crippen LogP contribution in [0.5, 0.6) is 0 Å². The summed E-state index contributed by atoms with van der Waals surface area (Å²) in [6, 6.07) is 0. The van der Waals surface area contributed by atoms with E-state index in [0.29, 0.717) is 17.7 Å². The van der Waals surface area contributed by atoms with Crippen LogP contribution in [0, 0.1) is 0 Å².